The van der Waals surface area contributed by atoms with Gasteiger partial charge < -0.3 is 16.2 Å². The fourth-order valence-corrected chi connectivity index (χ4v) is 6.04. The molecule has 0 bridgehead atoms. The molecule has 0 saturated carbocycles. The minimum atomic E-state index is -0.909. The topological polar surface area (TPSA) is 149 Å². The molecule has 0 unspecified atom stereocenters. The number of aldehydes is 1. The van der Waals surface area contributed by atoms with Crippen LogP contribution in [0, 0.1) is 5.82 Å². The molecule has 212 valence electrons. The Morgan fingerprint density at radius 1 is 1.12 bits per heavy atom. The number of hydrogen-bond donors (Lipinski definition) is 3. The van der Waals surface area contributed by atoms with E-state index < -0.39 is 17.5 Å². The van der Waals surface area contributed by atoms with Gasteiger partial charge in [-0.15, -0.1) is 11.3 Å². The van der Waals surface area contributed by atoms with Gasteiger partial charge in [-0.05, 0) is 66.4 Å². The highest BCUT2D eigenvalue weighted by atomic mass is 32.1. The number of rotatable bonds is 6. The summed E-state index contributed by atoms with van der Waals surface area (Å²) in [6.07, 6.45) is 5.00. The van der Waals surface area contributed by atoms with E-state index in [-0.39, 0.29) is 17.2 Å². The number of carbonyl (C=O) groups is 2. The molecule has 2 aromatic carbocycles. The lowest BCUT2D eigenvalue weighted by Gasteiger charge is -2.16. The van der Waals surface area contributed by atoms with Crippen LogP contribution in [0.1, 0.15) is 44.3 Å². The Kier molecular flexibility index (Phi) is 6.39. The summed E-state index contributed by atoms with van der Waals surface area (Å²) in [5.41, 5.74) is 11.2. The van der Waals surface area contributed by atoms with Crippen molar-refractivity contribution in [1.29, 1.82) is 0 Å². The molecule has 4 N–H and O–H groups in total. The highest BCUT2D eigenvalue weighted by Gasteiger charge is 2.27. The highest BCUT2D eigenvalue weighted by molar-refractivity contribution is 7.13. The average molecular weight is 592 g/mol. The van der Waals surface area contributed by atoms with Crippen molar-refractivity contribution in [2.24, 2.45) is 0 Å². The lowest BCUT2D eigenvalue weighted by atomic mass is 10.1. The third kappa shape index (κ3) is 4.57. The van der Waals surface area contributed by atoms with Crippen molar-refractivity contribution in [3.05, 3.63) is 100 Å². The number of aryl methyl sites for hydroxylation is 1. The summed E-state index contributed by atoms with van der Waals surface area (Å²) >= 11 is 1.49. The maximum atomic E-state index is 14.5. The third-order valence-corrected chi connectivity index (χ3v) is 8.29. The van der Waals surface area contributed by atoms with Crippen LogP contribution in [-0.2, 0) is 6.42 Å². The number of aromatic nitrogens is 5. The van der Waals surface area contributed by atoms with Gasteiger partial charge in [0, 0.05) is 29.5 Å². The number of imidazole rings is 1. The molecule has 1 atom stereocenters. The maximum absolute atomic E-state index is 14.5. The molecule has 1 aliphatic rings. The van der Waals surface area contributed by atoms with Gasteiger partial charge in [-0.2, -0.15) is 0 Å². The number of thiazole rings is 1. The molecule has 0 aliphatic heterocycles. The number of phenols is 1. The van der Waals surface area contributed by atoms with Gasteiger partial charge in [0.1, 0.15) is 33.6 Å². The number of hydrogen-bond acceptors (Lipinski definition) is 9. The van der Waals surface area contributed by atoms with E-state index in [4.69, 9.17) is 15.7 Å². The van der Waals surface area contributed by atoms with Crippen molar-refractivity contribution >= 4 is 40.5 Å². The molecule has 1 amide bonds. The van der Waals surface area contributed by atoms with Gasteiger partial charge in [0.25, 0.3) is 5.91 Å². The molecule has 0 fully saturated rings. The van der Waals surface area contributed by atoms with Gasteiger partial charge in [0.15, 0.2) is 17.8 Å². The second-order valence-corrected chi connectivity index (χ2v) is 10.9. The van der Waals surface area contributed by atoms with E-state index in [1.807, 2.05) is 46.3 Å². The van der Waals surface area contributed by atoms with E-state index in [2.05, 4.69) is 15.3 Å². The molecule has 0 spiro atoms. The van der Waals surface area contributed by atoms with E-state index in [0.29, 0.717) is 47.5 Å². The maximum Gasteiger partial charge on any atom is 0.254 e. The predicted octanol–water partition coefficient (Wildman–Crippen LogP) is 5.26. The summed E-state index contributed by atoms with van der Waals surface area (Å²) in [4.78, 5) is 42.7. The van der Waals surface area contributed by atoms with Crippen LogP contribution in [0.25, 0.3) is 38.9 Å². The molecular formula is C31H22FN7O3S. The van der Waals surface area contributed by atoms with Crippen molar-refractivity contribution in [3.63, 3.8) is 0 Å². The molecule has 43 heavy (non-hydrogen) atoms. The number of benzene rings is 2. The molecular weight excluding hydrogens is 569 g/mol. The van der Waals surface area contributed by atoms with Crippen LogP contribution < -0.4 is 11.1 Å². The Hall–Kier alpha value is -5.49. The number of nitrogens with zero attached hydrogens (tertiary/aromatic N) is 5. The largest absolute Gasteiger partial charge is 0.507 e. The quantitative estimate of drug-likeness (QED) is 0.222. The average Bonchev–Trinajstić information content (AvgIpc) is 3.76. The number of anilines is 1. The zero-order valence-corrected chi connectivity index (χ0v) is 23.2. The molecule has 6 aromatic rings. The van der Waals surface area contributed by atoms with Crippen LogP contribution in [0.2, 0.25) is 0 Å². The van der Waals surface area contributed by atoms with Gasteiger partial charge in [-0.3, -0.25) is 14.2 Å². The zero-order chi connectivity index (χ0) is 29.7. The Labute approximate surface area is 247 Å². The van der Waals surface area contributed by atoms with Crippen LogP contribution in [-0.4, -0.2) is 41.8 Å². The number of pyridine rings is 2. The van der Waals surface area contributed by atoms with Gasteiger partial charge >= 0.3 is 0 Å². The molecule has 12 heteroatoms. The summed E-state index contributed by atoms with van der Waals surface area (Å²) < 4.78 is 16.4. The first-order chi connectivity index (χ1) is 20.9. The van der Waals surface area contributed by atoms with Crippen molar-refractivity contribution in [2.45, 2.75) is 18.9 Å². The summed E-state index contributed by atoms with van der Waals surface area (Å²) in [5.74, 6) is -1.18. The Bertz CT molecular complexity index is 2060. The van der Waals surface area contributed by atoms with Crippen molar-refractivity contribution < 1.29 is 19.1 Å². The number of nitrogen functional groups attached to an aromatic ring is 1. The monoisotopic (exact) mass is 591 g/mol. The molecule has 0 radical (unpaired) electrons. The SMILES string of the molecule is Nc1ncccc1-c1nc2ccc(-c3nccs3)nc2n1-c1ccc2c(c1)CC[C@@H]2NC(=O)c1cc(C=O)c(O)cc1F. The molecule has 1 aliphatic carbocycles. The van der Waals surface area contributed by atoms with E-state index in [0.717, 1.165) is 39.6 Å². The second-order valence-electron chi connectivity index (χ2n) is 10.0. The molecule has 4 aromatic heterocycles. The molecule has 7 rings (SSSR count). The van der Waals surface area contributed by atoms with Gasteiger partial charge in [0.05, 0.1) is 22.7 Å². The molecule has 10 nitrogen and oxygen atoms in total. The number of carbonyl (C=O) groups excluding carboxylic acids is 2. The smallest absolute Gasteiger partial charge is 0.254 e. The highest BCUT2D eigenvalue weighted by Crippen LogP contribution is 2.36. The van der Waals surface area contributed by atoms with E-state index in [1.54, 1.807) is 18.5 Å². The summed E-state index contributed by atoms with van der Waals surface area (Å²) in [6, 6.07) is 14.8. The van der Waals surface area contributed by atoms with Crippen molar-refractivity contribution in [2.75, 3.05) is 5.73 Å². The Morgan fingerprint density at radius 3 is 2.79 bits per heavy atom. The number of phenolic OH excluding ortho intramolecular Hbond substituents is 1. The lowest BCUT2D eigenvalue weighted by molar-refractivity contribution is 0.0932. The number of amides is 1. The van der Waals surface area contributed by atoms with Gasteiger partial charge in [-0.1, -0.05) is 6.07 Å². The fraction of sp³-hybridized carbons (Fsp3) is 0.0968. The Morgan fingerprint density at radius 2 is 2.00 bits per heavy atom. The first-order valence-corrected chi connectivity index (χ1v) is 14.2. The summed E-state index contributed by atoms with van der Waals surface area (Å²) in [7, 11) is 0. The minimum Gasteiger partial charge on any atom is -0.507 e. The van der Waals surface area contributed by atoms with Crippen LogP contribution in [0.3, 0.4) is 0 Å². The number of nitrogens with one attached hydrogen (secondary N) is 1. The zero-order valence-electron chi connectivity index (χ0n) is 22.4. The molecule has 4 heterocycles. The number of fused-ring (bicyclic) bond motifs is 2. The van der Waals surface area contributed by atoms with E-state index in [1.165, 1.54) is 11.3 Å². The van der Waals surface area contributed by atoms with Gasteiger partial charge in [-0.25, -0.2) is 24.3 Å². The normalized spacial score (nSPS) is 14.1. The summed E-state index contributed by atoms with van der Waals surface area (Å²) in [6.45, 7) is 0. The van der Waals surface area contributed by atoms with Crippen LogP contribution in [0.5, 0.6) is 5.75 Å². The number of aromatic hydroxyl groups is 1. The van der Waals surface area contributed by atoms with E-state index in [9.17, 15) is 19.1 Å². The van der Waals surface area contributed by atoms with Crippen LogP contribution in [0.15, 0.2) is 72.4 Å². The predicted molar refractivity (Wildman–Crippen MR) is 160 cm³/mol. The van der Waals surface area contributed by atoms with Gasteiger partial charge in [0.2, 0.25) is 0 Å². The Balaban J connectivity index is 1.29. The number of halogens is 1. The third-order valence-electron chi connectivity index (χ3n) is 7.49. The second kappa shape index (κ2) is 10.4. The lowest BCUT2D eigenvalue weighted by Crippen LogP contribution is -2.28. The minimum absolute atomic E-state index is 0.160. The first-order valence-electron chi connectivity index (χ1n) is 13.3. The summed E-state index contributed by atoms with van der Waals surface area (Å²) in [5, 5.41) is 15.3. The van der Waals surface area contributed by atoms with E-state index >= 15 is 0 Å². The first kappa shape index (κ1) is 26.4. The standard InChI is InChI=1S/C31H22FN7O3S/c32-22-14-26(41)17(15-40)13-21(22)30(42)38-23-6-3-16-12-18(4-5-19(16)23)39-28(20-2-1-9-34-27(20)33)36-24-7-8-25(37-29(24)39)31-35-10-11-43-31/h1-2,4-5,7-15,23,41H,3,6H2,(H2,33,34)(H,38,42)/t23-/m0/s1. The van der Waals surface area contributed by atoms with Crippen molar-refractivity contribution in [3.8, 4) is 33.5 Å². The fourth-order valence-electron chi connectivity index (χ4n) is 5.44. The van der Waals surface area contributed by atoms with Crippen LogP contribution in [0.4, 0.5) is 10.2 Å². The molecule has 0 saturated heterocycles. The van der Waals surface area contributed by atoms with Crippen molar-refractivity contribution in [1.82, 2.24) is 29.8 Å². The number of nitrogens with two attached hydrogens (primary N) is 1. The van der Waals surface area contributed by atoms with Crippen LogP contribution >= 0.6 is 11.3 Å².